The van der Waals surface area contributed by atoms with Crippen molar-refractivity contribution in [1.29, 1.82) is 0 Å². The Labute approximate surface area is 176 Å². The van der Waals surface area contributed by atoms with Crippen molar-refractivity contribution < 1.29 is 13.2 Å². The molecule has 2 aliphatic heterocycles. The van der Waals surface area contributed by atoms with Gasteiger partial charge in [-0.2, -0.15) is 0 Å². The first-order valence-electron chi connectivity index (χ1n) is 9.95. The lowest BCUT2D eigenvalue weighted by molar-refractivity contribution is 0.226. The Balaban J connectivity index is 1.41. The van der Waals surface area contributed by atoms with E-state index in [1.54, 1.807) is 25.6 Å². The molecule has 4 heterocycles. The van der Waals surface area contributed by atoms with E-state index in [1.165, 1.54) is 6.07 Å². The highest BCUT2D eigenvalue weighted by Crippen LogP contribution is 2.46. The van der Waals surface area contributed by atoms with E-state index in [9.17, 15) is 14.0 Å². The highest BCUT2D eigenvalue weighted by molar-refractivity contribution is 8.00. The van der Waals surface area contributed by atoms with Gasteiger partial charge in [0.05, 0.1) is 28.1 Å². The van der Waals surface area contributed by atoms with Gasteiger partial charge in [-0.1, -0.05) is 11.8 Å². The van der Waals surface area contributed by atoms with E-state index >= 15 is 0 Å². The first-order chi connectivity index (χ1) is 14.3. The summed E-state index contributed by atoms with van der Waals surface area (Å²) in [5.41, 5.74) is 1.91. The summed E-state index contributed by atoms with van der Waals surface area (Å²) in [7, 11) is 0. The van der Waals surface area contributed by atoms with Gasteiger partial charge in [0.2, 0.25) is 0 Å². The maximum atomic E-state index is 15.0. The van der Waals surface area contributed by atoms with Gasteiger partial charge in [-0.3, -0.25) is 9.69 Å². The van der Waals surface area contributed by atoms with Crippen LogP contribution < -0.4 is 16.2 Å². The predicted molar refractivity (Wildman–Crippen MR) is 113 cm³/mol. The summed E-state index contributed by atoms with van der Waals surface area (Å²) in [6, 6.07) is 3.21. The molecule has 0 bridgehead atoms. The van der Waals surface area contributed by atoms with Crippen LogP contribution >= 0.6 is 11.8 Å². The van der Waals surface area contributed by atoms with Crippen LogP contribution in [0.5, 0.6) is 0 Å². The Morgan fingerprint density at radius 1 is 1.13 bits per heavy atom. The SMILES string of the molecule is Cc1oc(=O)oc1CN1CCN(c2cc3c(cc2F)c(=O)c(C)c2n3[C@H](C)S2)CC1. The number of halogens is 1. The van der Waals surface area contributed by atoms with Gasteiger partial charge in [-0.25, -0.2) is 9.18 Å². The van der Waals surface area contributed by atoms with Crippen molar-refractivity contribution >= 4 is 28.4 Å². The molecule has 1 atom stereocenters. The van der Waals surface area contributed by atoms with Gasteiger partial charge in [-0.05, 0) is 32.9 Å². The molecule has 0 unspecified atom stereocenters. The van der Waals surface area contributed by atoms with E-state index in [2.05, 4.69) is 16.4 Å². The lowest BCUT2D eigenvalue weighted by atomic mass is 10.1. The number of hydrogen-bond donors (Lipinski definition) is 0. The summed E-state index contributed by atoms with van der Waals surface area (Å²) in [5.74, 6) is -0.0300. The lowest BCUT2D eigenvalue weighted by Crippen LogP contribution is -2.46. The van der Waals surface area contributed by atoms with Crippen LogP contribution in [0.1, 0.15) is 29.4 Å². The van der Waals surface area contributed by atoms with Gasteiger partial charge in [0.15, 0.2) is 11.2 Å². The average molecular weight is 431 g/mol. The van der Waals surface area contributed by atoms with Crippen LogP contribution in [0, 0.1) is 19.7 Å². The predicted octanol–water partition coefficient (Wildman–Crippen LogP) is 3.25. The Hall–Kier alpha value is -2.52. The minimum atomic E-state index is -0.686. The average Bonchev–Trinajstić information content (AvgIpc) is 3.02. The molecular weight excluding hydrogens is 409 g/mol. The Kier molecular flexibility index (Phi) is 4.55. The van der Waals surface area contributed by atoms with Crippen LogP contribution in [0.3, 0.4) is 0 Å². The maximum absolute atomic E-state index is 15.0. The zero-order chi connectivity index (χ0) is 21.2. The van der Waals surface area contributed by atoms with Crippen molar-refractivity contribution in [3.8, 4) is 0 Å². The minimum absolute atomic E-state index is 0.0945. The van der Waals surface area contributed by atoms with Crippen molar-refractivity contribution in [2.24, 2.45) is 0 Å². The number of benzene rings is 1. The number of hydrogen-bond acceptors (Lipinski definition) is 7. The molecule has 5 rings (SSSR count). The third-order valence-electron chi connectivity index (χ3n) is 6.01. The molecule has 0 radical (unpaired) electrons. The first kappa shape index (κ1) is 19.4. The molecule has 0 spiro atoms. The van der Waals surface area contributed by atoms with Crippen LogP contribution in [0.4, 0.5) is 10.1 Å². The zero-order valence-electron chi connectivity index (χ0n) is 17.0. The molecular formula is C21H22FN3O4S. The topological polar surface area (TPSA) is 71.8 Å². The summed E-state index contributed by atoms with van der Waals surface area (Å²) < 4.78 is 27.1. The van der Waals surface area contributed by atoms with Gasteiger partial charge in [0, 0.05) is 37.1 Å². The number of aryl methyl sites for hydroxylation is 1. The first-order valence-corrected chi connectivity index (χ1v) is 10.8. The second-order valence-corrected chi connectivity index (χ2v) is 9.17. The fourth-order valence-corrected chi connectivity index (χ4v) is 5.43. The van der Waals surface area contributed by atoms with Gasteiger partial charge in [0.25, 0.3) is 0 Å². The number of nitrogens with zero attached hydrogens (tertiary/aromatic N) is 3. The van der Waals surface area contributed by atoms with Crippen LogP contribution in [0.2, 0.25) is 0 Å². The van der Waals surface area contributed by atoms with E-state index in [0.29, 0.717) is 60.9 Å². The molecule has 0 saturated carbocycles. The van der Waals surface area contributed by atoms with E-state index in [4.69, 9.17) is 8.83 Å². The molecule has 30 heavy (non-hydrogen) atoms. The molecule has 2 aromatic heterocycles. The quantitative estimate of drug-likeness (QED) is 0.630. The highest BCUT2D eigenvalue weighted by Gasteiger charge is 2.29. The van der Waals surface area contributed by atoms with Crippen LogP contribution in [-0.4, -0.2) is 35.6 Å². The third-order valence-corrected chi connectivity index (χ3v) is 7.29. The Morgan fingerprint density at radius 3 is 2.50 bits per heavy atom. The number of aromatic nitrogens is 1. The fourth-order valence-electron chi connectivity index (χ4n) is 4.30. The number of anilines is 1. The summed E-state index contributed by atoms with van der Waals surface area (Å²) in [6.07, 6.45) is 0. The molecule has 2 aliphatic rings. The van der Waals surface area contributed by atoms with Gasteiger partial charge in [-0.15, -0.1) is 0 Å². The van der Waals surface area contributed by atoms with Crippen molar-refractivity contribution in [3.63, 3.8) is 0 Å². The van der Waals surface area contributed by atoms with E-state index in [-0.39, 0.29) is 16.6 Å². The summed E-state index contributed by atoms with van der Waals surface area (Å²) >= 11 is 1.67. The zero-order valence-corrected chi connectivity index (χ0v) is 17.8. The number of piperazine rings is 1. The molecule has 1 aromatic carbocycles. The normalized spacial score (nSPS) is 19.2. The molecule has 3 aromatic rings. The molecule has 1 fully saturated rings. The van der Waals surface area contributed by atoms with Gasteiger partial charge >= 0.3 is 5.82 Å². The van der Waals surface area contributed by atoms with Crippen LogP contribution in [0.25, 0.3) is 10.9 Å². The summed E-state index contributed by atoms with van der Waals surface area (Å²) in [6.45, 7) is 8.75. The van der Waals surface area contributed by atoms with E-state index in [0.717, 1.165) is 10.5 Å². The minimum Gasteiger partial charge on any atom is -0.396 e. The maximum Gasteiger partial charge on any atom is 0.519 e. The fraction of sp³-hybridized carbons (Fsp3) is 0.429. The lowest BCUT2D eigenvalue weighted by Gasteiger charge is -2.37. The smallest absolute Gasteiger partial charge is 0.396 e. The van der Waals surface area contributed by atoms with E-state index in [1.807, 2.05) is 11.0 Å². The monoisotopic (exact) mass is 431 g/mol. The summed E-state index contributed by atoms with van der Waals surface area (Å²) in [4.78, 5) is 28.1. The van der Waals surface area contributed by atoms with Crippen molar-refractivity contribution in [2.75, 3.05) is 31.1 Å². The number of fused-ring (bicyclic) bond motifs is 3. The molecule has 158 valence electrons. The molecule has 9 heteroatoms. The van der Waals surface area contributed by atoms with Crippen molar-refractivity contribution in [3.05, 3.63) is 55.9 Å². The number of pyridine rings is 1. The molecule has 0 aliphatic carbocycles. The Morgan fingerprint density at radius 2 is 1.87 bits per heavy atom. The molecule has 7 nitrogen and oxygen atoms in total. The van der Waals surface area contributed by atoms with Gasteiger partial charge in [0.1, 0.15) is 11.6 Å². The second-order valence-electron chi connectivity index (χ2n) is 7.86. The van der Waals surface area contributed by atoms with Crippen molar-refractivity contribution in [2.45, 2.75) is 37.7 Å². The molecule has 1 saturated heterocycles. The largest absolute Gasteiger partial charge is 0.519 e. The number of rotatable bonds is 3. The Bertz CT molecular complexity index is 1270. The molecule has 0 amide bonds. The van der Waals surface area contributed by atoms with Crippen molar-refractivity contribution in [1.82, 2.24) is 9.47 Å². The van der Waals surface area contributed by atoms with Gasteiger partial charge < -0.3 is 18.3 Å². The highest BCUT2D eigenvalue weighted by atomic mass is 32.2. The summed E-state index contributed by atoms with van der Waals surface area (Å²) in [5, 5.41) is 1.64. The molecule has 0 N–H and O–H groups in total. The third kappa shape index (κ3) is 2.99. The second kappa shape index (κ2) is 7.02. The van der Waals surface area contributed by atoms with Crippen LogP contribution in [-0.2, 0) is 6.54 Å². The van der Waals surface area contributed by atoms with E-state index < -0.39 is 5.82 Å². The number of thioether (sulfide) groups is 1. The standard InChI is InChI=1S/C21H22FN3O4S/c1-11-19(26)14-8-15(22)17(9-16(14)25-13(3)30-20(11)25)24-6-4-23(5-7-24)10-18-12(2)28-21(27)29-18/h8-9,13H,4-7,10H2,1-3H3/t13-/m0/s1. The van der Waals surface area contributed by atoms with Crippen LogP contribution in [0.15, 0.2) is 35.6 Å².